The van der Waals surface area contributed by atoms with Crippen molar-refractivity contribution in [2.75, 3.05) is 5.32 Å². The third-order valence-electron chi connectivity index (χ3n) is 4.67. The molecular formula is C23H15N7. The molecule has 0 fully saturated rings. The second-order valence-corrected chi connectivity index (χ2v) is 6.59. The Labute approximate surface area is 172 Å². The Morgan fingerprint density at radius 2 is 1.67 bits per heavy atom. The Kier molecular flexibility index (Phi) is 4.35. The summed E-state index contributed by atoms with van der Waals surface area (Å²) >= 11 is 0. The summed E-state index contributed by atoms with van der Waals surface area (Å²) in [6, 6.07) is 27.4. The minimum Gasteiger partial charge on any atom is -0.322 e. The predicted molar refractivity (Wildman–Crippen MR) is 114 cm³/mol. The van der Waals surface area contributed by atoms with Gasteiger partial charge >= 0.3 is 0 Å². The van der Waals surface area contributed by atoms with Gasteiger partial charge in [-0.1, -0.05) is 48.5 Å². The highest BCUT2D eigenvalue weighted by Crippen LogP contribution is 2.24. The van der Waals surface area contributed by atoms with Crippen molar-refractivity contribution in [3.63, 3.8) is 0 Å². The van der Waals surface area contributed by atoms with Crippen LogP contribution >= 0.6 is 0 Å². The van der Waals surface area contributed by atoms with Gasteiger partial charge in [0.05, 0.1) is 17.4 Å². The Balaban J connectivity index is 1.50. The van der Waals surface area contributed by atoms with Gasteiger partial charge in [-0.15, -0.1) is 10.2 Å². The van der Waals surface area contributed by atoms with E-state index in [0.717, 1.165) is 22.2 Å². The number of nitriles is 1. The van der Waals surface area contributed by atoms with Crippen molar-refractivity contribution in [3.05, 3.63) is 90.6 Å². The molecule has 7 nitrogen and oxygen atoms in total. The standard InChI is InChI=1S/C23H15N7/c24-14-18-15-25-30(22-13-10-17-8-4-5-9-19(17)26-22)23(18)27-21-12-11-20(28-29-21)16-6-2-1-3-7-16/h1-13,15H,(H,27,29). The zero-order valence-corrected chi connectivity index (χ0v) is 15.8. The van der Waals surface area contributed by atoms with Crippen molar-refractivity contribution in [1.29, 1.82) is 5.26 Å². The maximum Gasteiger partial charge on any atom is 0.156 e. The lowest BCUT2D eigenvalue weighted by atomic mass is 10.1. The van der Waals surface area contributed by atoms with Crippen LogP contribution in [0.2, 0.25) is 0 Å². The predicted octanol–water partition coefficient (Wildman–Crippen LogP) is 4.49. The quantitative estimate of drug-likeness (QED) is 0.487. The SMILES string of the molecule is N#Cc1cnn(-c2ccc3ccccc3n2)c1Nc1ccc(-c2ccccc2)nn1. The number of hydrogen-bond donors (Lipinski definition) is 1. The molecule has 0 atom stereocenters. The minimum atomic E-state index is 0.388. The molecule has 0 saturated heterocycles. The van der Waals surface area contributed by atoms with Crippen LogP contribution in [0.15, 0.2) is 85.1 Å². The van der Waals surface area contributed by atoms with Crippen LogP contribution in [0.5, 0.6) is 0 Å². The van der Waals surface area contributed by atoms with Gasteiger partial charge in [-0.05, 0) is 30.3 Å². The molecule has 7 heteroatoms. The molecule has 0 amide bonds. The van der Waals surface area contributed by atoms with E-state index in [1.165, 1.54) is 6.20 Å². The molecular weight excluding hydrogens is 374 g/mol. The molecule has 0 radical (unpaired) electrons. The first-order valence-electron chi connectivity index (χ1n) is 9.32. The van der Waals surface area contributed by atoms with Gasteiger partial charge in [0.2, 0.25) is 0 Å². The van der Waals surface area contributed by atoms with Crippen molar-refractivity contribution >= 4 is 22.5 Å². The van der Waals surface area contributed by atoms with Crippen LogP contribution < -0.4 is 5.32 Å². The topological polar surface area (TPSA) is 92.3 Å². The maximum atomic E-state index is 9.52. The lowest BCUT2D eigenvalue weighted by Crippen LogP contribution is -2.06. The number of benzene rings is 2. The average Bonchev–Trinajstić information content (AvgIpc) is 3.22. The molecule has 0 spiro atoms. The lowest BCUT2D eigenvalue weighted by Gasteiger charge is -2.10. The van der Waals surface area contributed by atoms with Gasteiger partial charge in [-0.3, -0.25) is 0 Å². The van der Waals surface area contributed by atoms with Gasteiger partial charge in [0, 0.05) is 10.9 Å². The normalized spacial score (nSPS) is 10.6. The molecule has 3 aromatic heterocycles. The summed E-state index contributed by atoms with van der Waals surface area (Å²) < 4.78 is 1.60. The highest BCUT2D eigenvalue weighted by molar-refractivity contribution is 5.79. The van der Waals surface area contributed by atoms with Crippen LogP contribution in [0, 0.1) is 11.3 Å². The summed E-state index contributed by atoms with van der Waals surface area (Å²) in [5.41, 5.74) is 2.99. The van der Waals surface area contributed by atoms with E-state index in [1.54, 1.807) is 4.68 Å². The van der Waals surface area contributed by atoms with Crippen LogP contribution in [0.4, 0.5) is 11.6 Å². The molecule has 0 saturated carbocycles. The molecule has 2 aromatic carbocycles. The fourth-order valence-electron chi connectivity index (χ4n) is 3.18. The Bertz CT molecular complexity index is 1370. The number of nitrogens with one attached hydrogen (secondary N) is 1. The highest BCUT2D eigenvalue weighted by Gasteiger charge is 2.15. The van der Waals surface area contributed by atoms with Crippen LogP contribution in [0.25, 0.3) is 28.0 Å². The van der Waals surface area contributed by atoms with Gasteiger partial charge < -0.3 is 5.32 Å². The van der Waals surface area contributed by atoms with Crippen molar-refractivity contribution in [2.24, 2.45) is 0 Å². The molecule has 0 unspecified atom stereocenters. The van der Waals surface area contributed by atoms with E-state index in [9.17, 15) is 5.26 Å². The third-order valence-corrected chi connectivity index (χ3v) is 4.67. The van der Waals surface area contributed by atoms with Crippen molar-refractivity contribution in [2.45, 2.75) is 0 Å². The lowest BCUT2D eigenvalue weighted by molar-refractivity contribution is 0.858. The second-order valence-electron chi connectivity index (χ2n) is 6.59. The fourth-order valence-corrected chi connectivity index (χ4v) is 3.18. The first-order valence-corrected chi connectivity index (χ1v) is 9.32. The molecule has 0 aliphatic carbocycles. The van der Waals surface area contributed by atoms with Crippen molar-refractivity contribution < 1.29 is 0 Å². The van der Waals surface area contributed by atoms with Crippen molar-refractivity contribution in [3.8, 4) is 23.1 Å². The molecule has 0 bridgehead atoms. The van der Waals surface area contributed by atoms with E-state index < -0.39 is 0 Å². The van der Waals surface area contributed by atoms with Crippen molar-refractivity contribution in [1.82, 2.24) is 25.0 Å². The Hall–Kier alpha value is -4.57. The van der Waals surface area contributed by atoms with Crippen LogP contribution in [-0.4, -0.2) is 25.0 Å². The van der Waals surface area contributed by atoms with Gasteiger partial charge in [-0.2, -0.15) is 15.0 Å². The first kappa shape index (κ1) is 17.5. The van der Waals surface area contributed by atoms with E-state index in [0.29, 0.717) is 23.0 Å². The van der Waals surface area contributed by atoms with Gasteiger partial charge in [0.1, 0.15) is 11.6 Å². The number of rotatable bonds is 4. The number of aromatic nitrogens is 5. The number of pyridine rings is 1. The molecule has 5 rings (SSSR count). The number of hydrogen-bond acceptors (Lipinski definition) is 6. The van der Waals surface area contributed by atoms with Gasteiger partial charge in [0.15, 0.2) is 17.5 Å². The van der Waals surface area contributed by atoms with E-state index in [-0.39, 0.29) is 0 Å². The Morgan fingerprint density at radius 1 is 0.833 bits per heavy atom. The molecule has 30 heavy (non-hydrogen) atoms. The van der Waals surface area contributed by atoms with E-state index in [2.05, 4.69) is 31.7 Å². The molecule has 5 aromatic rings. The van der Waals surface area contributed by atoms with E-state index in [1.807, 2.05) is 78.9 Å². The largest absolute Gasteiger partial charge is 0.322 e. The monoisotopic (exact) mass is 389 g/mol. The molecule has 142 valence electrons. The average molecular weight is 389 g/mol. The summed E-state index contributed by atoms with van der Waals surface area (Å²) in [4.78, 5) is 4.66. The fraction of sp³-hybridized carbons (Fsp3) is 0. The van der Waals surface area contributed by atoms with Gasteiger partial charge in [0.25, 0.3) is 0 Å². The van der Waals surface area contributed by atoms with Crippen LogP contribution in [-0.2, 0) is 0 Å². The number of anilines is 2. The molecule has 0 aliphatic rings. The third kappa shape index (κ3) is 3.23. The summed E-state index contributed by atoms with van der Waals surface area (Å²) in [7, 11) is 0. The summed E-state index contributed by atoms with van der Waals surface area (Å²) in [5, 5.41) is 26.6. The smallest absolute Gasteiger partial charge is 0.156 e. The summed E-state index contributed by atoms with van der Waals surface area (Å²) in [6.07, 6.45) is 1.50. The zero-order chi connectivity index (χ0) is 20.3. The minimum absolute atomic E-state index is 0.388. The van der Waals surface area contributed by atoms with Crippen LogP contribution in [0.1, 0.15) is 5.56 Å². The Morgan fingerprint density at radius 3 is 2.47 bits per heavy atom. The van der Waals surface area contributed by atoms with Crippen LogP contribution in [0.3, 0.4) is 0 Å². The number of nitrogens with zero attached hydrogens (tertiary/aromatic N) is 6. The number of para-hydroxylation sites is 1. The highest BCUT2D eigenvalue weighted by atomic mass is 15.4. The molecule has 0 aliphatic heterocycles. The summed E-state index contributed by atoms with van der Waals surface area (Å²) in [6.45, 7) is 0. The maximum absolute atomic E-state index is 9.52. The van der Waals surface area contributed by atoms with Gasteiger partial charge in [-0.25, -0.2) is 4.98 Å². The molecule has 1 N–H and O–H groups in total. The van der Waals surface area contributed by atoms with E-state index >= 15 is 0 Å². The number of fused-ring (bicyclic) bond motifs is 1. The zero-order valence-electron chi connectivity index (χ0n) is 15.8. The van der Waals surface area contributed by atoms with E-state index in [4.69, 9.17) is 0 Å². The summed E-state index contributed by atoms with van der Waals surface area (Å²) in [5.74, 6) is 1.60. The molecule has 3 heterocycles. The first-order chi connectivity index (χ1) is 14.8. The second kappa shape index (κ2) is 7.45.